The highest BCUT2D eigenvalue weighted by molar-refractivity contribution is 7.17. The first-order valence-corrected chi connectivity index (χ1v) is 12.5. The van der Waals surface area contributed by atoms with Crippen LogP contribution >= 0.6 is 11.3 Å². The number of rotatable bonds is 3. The SMILES string of the molecule is Cc1ccc(N2C(=O)c3cc4sccc4n3C[C@]2(C)C(=O)NC2CCCCC2C)c(C)c1. The van der Waals surface area contributed by atoms with Crippen LogP contribution in [-0.4, -0.2) is 28.0 Å². The summed E-state index contributed by atoms with van der Waals surface area (Å²) in [6.45, 7) is 8.65. The van der Waals surface area contributed by atoms with Crippen molar-refractivity contribution in [2.24, 2.45) is 5.92 Å². The number of benzene rings is 1. The largest absolute Gasteiger partial charge is 0.351 e. The van der Waals surface area contributed by atoms with Gasteiger partial charge in [0.2, 0.25) is 5.91 Å². The lowest BCUT2D eigenvalue weighted by Gasteiger charge is -2.45. The van der Waals surface area contributed by atoms with Crippen LogP contribution in [0.3, 0.4) is 0 Å². The van der Waals surface area contributed by atoms with Crippen molar-refractivity contribution in [3.63, 3.8) is 0 Å². The van der Waals surface area contributed by atoms with Crippen molar-refractivity contribution in [1.29, 1.82) is 0 Å². The van der Waals surface area contributed by atoms with E-state index in [1.807, 2.05) is 55.0 Å². The van der Waals surface area contributed by atoms with Crippen LogP contribution in [0.5, 0.6) is 0 Å². The minimum absolute atomic E-state index is 0.0627. The summed E-state index contributed by atoms with van der Waals surface area (Å²) in [6, 6.07) is 10.3. The summed E-state index contributed by atoms with van der Waals surface area (Å²) in [5.41, 5.74) is 3.62. The summed E-state index contributed by atoms with van der Waals surface area (Å²) in [6.07, 6.45) is 4.51. The fraction of sp³-hybridized carbons (Fsp3) is 0.462. The number of thiophene rings is 1. The molecule has 32 heavy (non-hydrogen) atoms. The van der Waals surface area contributed by atoms with Gasteiger partial charge in [0.15, 0.2) is 0 Å². The third kappa shape index (κ3) is 3.27. The summed E-state index contributed by atoms with van der Waals surface area (Å²) in [7, 11) is 0. The summed E-state index contributed by atoms with van der Waals surface area (Å²) in [4.78, 5) is 29.6. The molecule has 3 heterocycles. The number of hydrogen-bond donors (Lipinski definition) is 1. The van der Waals surface area contributed by atoms with E-state index in [0.717, 1.165) is 46.3 Å². The number of carbonyl (C=O) groups is 2. The number of aryl methyl sites for hydroxylation is 2. The van der Waals surface area contributed by atoms with E-state index in [4.69, 9.17) is 0 Å². The van der Waals surface area contributed by atoms with Crippen molar-refractivity contribution in [3.05, 3.63) is 52.5 Å². The third-order valence-electron chi connectivity index (χ3n) is 7.41. The first kappa shape index (κ1) is 21.3. The summed E-state index contributed by atoms with van der Waals surface area (Å²) in [5.74, 6) is 0.282. The highest BCUT2D eigenvalue weighted by atomic mass is 32.1. The molecule has 3 atom stereocenters. The lowest BCUT2D eigenvalue weighted by atomic mass is 9.84. The number of aromatic nitrogens is 1. The van der Waals surface area contributed by atoms with Gasteiger partial charge in [0, 0.05) is 11.7 Å². The standard InChI is InChI=1S/C26H31N3O2S/c1-16-9-10-20(18(3)13-16)29-24(30)22-14-23-21(11-12-32-23)28(22)15-26(29,4)25(31)27-19-8-6-5-7-17(19)2/h9-14,17,19H,5-8,15H2,1-4H3,(H,27,31)/t17?,19?,26-/m1/s1. The molecule has 6 heteroatoms. The molecular formula is C26H31N3O2S. The highest BCUT2D eigenvalue weighted by Crippen LogP contribution is 2.39. The molecule has 5 rings (SSSR count). The second-order valence-corrected chi connectivity index (χ2v) is 10.8. The van der Waals surface area contributed by atoms with Gasteiger partial charge < -0.3 is 9.88 Å². The second-order valence-electron chi connectivity index (χ2n) is 9.83. The molecule has 1 aliphatic carbocycles. The summed E-state index contributed by atoms with van der Waals surface area (Å²) >= 11 is 1.63. The van der Waals surface area contributed by atoms with Crippen LogP contribution < -0.4 is 10.2 Å². The van der Waals surface area contributed by atoms with Crippen LogP contribution in [0.15, 0.2) is 35.7 Å². The Bertz CT molecular complexity index is 1210. The van der Waals surface area contributed by atoms with Crippen LogP contribution in [0.1, 0.15) is 61.1 Å². The minimum Gasteiger partial charge on any atom is -0.351 e. The molecule has 1 aliphatic heterocycles. The van der Waals surface area contributed by atoms with E-state index in [1.54, 1.807) is 16.2 Å². The lowest BCUT2D eigenvalue weighted by molar-refractivity contribution is -0.127. The molecule has 2 amide bonds. The topological polar surface area (TPSA) is 54.3 Å². The molecule has 1 N–H and O–H groups in total. The lowest BCUT2D eigenvalue weighted by Crippen LogP contribution is -2.66. The van der Waals surface area contributed by atoms with Crippen molar-refractivity contribution >= 4 is 39.1 Å². The molecule has 2 aliphatic rings. The Kier molecular flexibility index (Phi) is 5.16. The molecule has 1 aromatic carbocycles. The van der Waals surface area contributed by atoms with Gasteiger partial charge in [0.05, 0.1) is 16.8 Å². The van der Waals surface area contributed by atoms with Crippen LogP contribution in [0, 0.1) is 19.8 Å². The molecule has 1 saturated carbocycles. The van der Waals surface area contributed by atoms with Crippen molar-refractivity contribution in [1.82, 2.24) is 9.88 Å². The van der Waals surface area contributed by atoms with Gasteiger partial charge in [-0.25, -0.2) is 0 Å². The van der Waals surface area contributed by atoms with Crippen LogP contribution in [0.4, 0.5) is 5.69 Å². The predicted molar refractivity (Wildman–Crippen MR) is 131 cm³/mol. The van der Waals surface area contributed by atoms with Crippen molar-refractivity contribution in [2.45, 2.75) is 71.5 Å². The number of carbonyl (C=O) groups excluding carboxylic acids is 2. The molecule has 168 valence electrons. The Morgan fingerprint density at radius 1 is 1.16 bits per heavy atom. The van der Waals surface area contributed by atoms with E-state index >= 15 is 0 Å². The Balaban J connectivity index is 1.61. The Hall–Kier alpha value is -2.60. The Morgan fingerprint density at radius 2 is 1.94 bits per heavy atom. The molecule has 0 bridgehead atoms. The molecule has 0 saturated heterocycles. The van der Waals surface area contributed by atoms with E-state index in [1.165, 1.54) is 6.42 Å². The number of amides is 2. The zero-order valence-corrected chi connectivity index (χ0v) is 20.1. The Morgan fingerprint density at radius 3 is 2.69 bits per heavy atom. The molecule has 0 radical (unpaired) electrons. The van der Waals surface area contributed by atoms with Gasteiger partial charge in [-0.1, -0.05) is 37.5 Å². The fourth-order valence-corrected chi connectivity index (χ4v) is 6.32. The highest BCUT2D eigenvalue weighted by Gasteiger charge is 2.49. The van der Waals surface area contributed by atoms with Gasteiger partial charge in [-0.15, -0.1) is 11.3 Å². The second kappa shape index (κ2) is 7.77. The monoisotopic (exact) mass is 449 g/mol. The molecule has 3 aromatic rings. The summed E-state index contributed by atoms with van der Waals surface area (Å²) < 4.78 is 3.12. The first-order chi connectivity index (χ1) is 15.3. The average molecular weight is 450 g/mol. The van der Waals surface area contributed by atoms with Gasteiger partial charge in [-0.05, 0) is 68.7 Å². The van der Waals surface area contributed by atoms with E-state index in [9.17, 15) is 9.59 Å². The maximum atomic E-state index is 13.9. The van der Waals surface area contributed by atoms with Crippen molar-refractivity contribution in [3.8, 4) is 0 Å². The molecule has 5 nitrogen and oxygen atoms in total. The predicted octanol–water partition coefficient (Wildman–Crippen LogP) is 5.43. The maximum absolute atomic E-state index is 13.9. The number of anilines is 1. The van der Waals surface area contributed by atoms with Gasteiger partial charge in [0.25, 0.3) is 5.91 Å². The Labute approximate surface area is 193 Å². The first-order valence-electron chi connectivity index (χ1n) is 11.6. The van der Waals surface area contributed by atoms with Gasteiger partial charge in [0.1, 0.15) is 11.2 Å². The summed E-state index contributed by atoms with van der Waals surface area (Å²) in [5, 5.41) is 5.39. The zero-order valence-electron chi connectivity index (χ0n) is 19.3. The van der Waals surface area contributed by atoms with Crippen molar-refractivity contribution in [2.75, 3.05) is 4.90 Å². The average Bonchev–Trinajstić information content (AvgIpc) is 3.34. The normalized spacial score (nSPS) is 25.8. The van der Waals surface area contributed by atoms with Gasteiger partial charge in [-0.2, -0.15) is 0 Å². The molecular weight excluding hydrogens is 418 g/mol. The van der Waals surface area contributed by atoms with Gasteiger partial charge in [-0.3, -0.25) is 14.5 Å². The van der Waals surface area contributed by atoms with E-state index in [-0.39, 0.29) is 17.9 Å². The number of nitrogens with zero attached hydrogens (tertiary/aromatic N) is 2. The minimum atomic E-state index is -1.02. The van der Waals surface area contributed by atoms with Crippen molar-refractivity contribution < 1.29 is 9.59 Å². The van der Waals surface area contributed by atoms with Gasteiger partial charge >= 0.3 is 0 Å². The van der Waals surface area contributed by atoms with E-state index in [2.05, 4.69) is 18.3 Å². The fourth-order valence-electron chi connectivity index (χ4n) is 5.50. The molecule has 2 aromatic heterocycles. The maximum Gasteiger partial charge on any atom is 0.275 e. The third-order valence-corrected chi connectivity index (χ3v) is 8.27. The van der Waals surface area contributed by atoms with E-state index in [0.29, 0.717) is 18.2 Å². The van der Waals surface area contributed by atoms with Crippen LogP contribution in [0.2, 0.25) is 0 Å². The van der Waals surface area contributed by atoms with Crippen LogP contribution in [-0.2, 0) is 11.3 Å². The molecule has 1 fully saturated rings. The smallest absolute Gasteiger partial charge is 0.275 e. The zero-order chi connectivity index (χ0) is 22.6. The number of hydrogen-bond acceptors (Lipinski definition) is 3. The molecule has 0 spiro atoms. The number of fused-ring (bicyclic) bond motifs is 3. The molecule has 2 unspecified atom stereocenters. The van der Waals surface area contributed by atoms with E-state index < -0.39 is 5.54 Å². The van der Waals surface area contributed by atoms with Crippen LogP contribution in [0.25, 0.3) is 10.2 Å². The quantitative estimate of drug-likeness (QED) is 0.579. The number of nitrogens with one attached hydrogen (secondary N) is 1.